The van der Waals surface area contributed by atoms with E-state index in [0.717, 1.165) is 5.56 Å². The van der Waals surface area contributed by atoms with Crippen molar-refractivity contribution in [1.29, 1.82) is 5.26 Å². The topological polar surface area (TPSA) is 49.8 Å². The van der Waals surface area contributed by atoms with Gasteiger partial charge in [0.1, 0.15) is 0 Å². The Hall–Kier alpha value is -1.75. The quantitative estimate of drug-likeness (QED) is 0.709. The minimum Gasteiger partial charge on any atom is -0.398 e. The molecule has 0 saturated heterocycles. The average molecular weight is 200 g/mol. The van der Waals surface area contributed by atoms with Gasteiger partial charge in [0.15, 0.2) is 0 Å². The second-order valence-electron chi connectivity index (χ2n) is 4.56. The number of nitrogens with zero attached hydrogens (tertiary/aromatic N) is 1. The van der Waals surface area contributed by atoms with Crippen molar-refractivity contribution in [2.45, 2.75) is 26.2 Å². The summed E-state index contributed by atoms with van der Waals surface area (Å²) in [6.07, 6.45) is 1.35. The van der Waals surface area contributed by atoms with Crippen LogP contribution in [0.15, 0.2) is 30.3 Å². The summed E-state index contributed by atoms with van der Waals surface area (Å²) in [6, 6.07) is 9.92. The highest BCUT2D eigenvalue weighted by Gasteiger charge is 2.12. The van der Waals surface area contributed by atoms with Gasteiger partial charge in [0.05, 0.1) is 6.07 Å². The molecule has 0 aliphatic carbocycles. The molecular weight excluding hydrogens is 184 g/mol. The van der Waals surface area contributed by atoms with Crippen LogP contribution in [0.5, 0.6) is 0 Å². The van der Waals surface area contributed by atoms with E-state index < -0.39 is 0 Å². The molecule has 0 saturated carbocycles. The molecule has 0 fully saturated rings. The van der Waals surface area contributed by atoms with Crippen LogP contribution in [0.3, 0.4) is 0 Å². The molecule has 1 aromatic carbocycles. The second-order valence-corrected chi connectivity index (χ2v) is 4.56. The normalized spacial score (nSPS) is 12.3. The molecule has 2 N–H and O–H groups in total. The van der Waals surface area contributed by atoms with Crippen molar-refractivity contribution in [2.75, 3.05) is 0 Å². The van der Waals surface area contributed by atoms with Crippen LogP contribution >= 0.6 is 0 Å². The van der Waals surface area contributed by atoms with Crippen molar-refractivity contribution < 1.29 is 0 Å². The molecule has 0 bridgehead atoms. The highest BCUT2D eigenvalue weighted by Crippen LogP contribution is 2.23. The highest BCUT2D eigenvalue weighted by atomic mass is 14.6. The Labute approximate surface area is 91.0 Å². The third-order valence-corrected chi connectivity index (χ3v) is 2.30. The summed E-state index contributed by atoms with van der Waals surface area (Å²) < 4.78 is 0. The number of hydrogen-bond acceptors (Lipinski definition) is 2. The van der Waals surface area contributed by atoms with Crippen LogP contribution in [0.25, 0.3) is 5.70 Å². The molecule has 0 aromatic heterocycles. The predicted octanol–water partition coefficient (Wildman–Crippen LogP) is 2.81. The first-order valence-electron chi connectivity index (χ1n) is 4.91. The smallest absolute Gasteiger partial charge is 0.0933 e. The Morgan fingerprint density at radius 2 is 1.80 bits per heavy atom. The average Bonchev–Trinajstić information content (AvgIpc) is 2.17. The van der Waals surface area contributed by atoms with E-state index in [2.05, 4.69) is 20.8 Å². The summed E-state index contributed by atoms with van der Waals surface area (Å²) in [7, 11) is 0. The van der Waals surface area contributed by atoms with E-state index >= 15 is 0 Å². The van der Waals surface area contributed by atoms with Crippen molar-refractivity contribution in [3.8, 4) is 6.07 Å². The first-order valence-corrected chi connectivity index (χ1v) is 4.91. The van der Waals surface area contributed by atoms with Gasteiger partial charge in [-0.25, -0.2) is 0 Å². The number of nitrogens with two attached hydrogens (primary N) is 1. The zero-order valence-corrected chi connectivity index (χ0v) is 9.41. The van der Waals surface area contributed by atoms with Gasteiger partial charge in [0, 0.05) is 11.8 Å². The van der Waals surface area contributed by atoms with E-state index in [4.69, 9.17) is 11.0 Å². The van der Waals surface area contributed by atoms with Gasteiger partial charge >= 0.3 is 0 Å². The summed E-state index contributed by atoms with van der Waals surface area (Å²) in [5.41, 5.74) is 8.51. The number of nitriles is 1. The molecule has 0 aliphatic heterocycles. The van der Waals surface area contributed by atoms with Crippen LogP contribution in [0.2, 0.25) is 0 Å². The van der Waals surface area contributed by atoms with E-state index in [0.29, 0.717) is 5.70 Å². The van der Waals surface area contributed by atoms with E-state index in [9.17, 15) is 0 Å². The van der Waals surface area contributed by atoms with Gasteiger partial charge in [0.2, 0.25) is 0 Å². The molecule has 0 amide bonds. The third-order valence-electron chi connectivity index (χ3n) is 2.30. The standard InChI is InChI=1S/C13H16N2/c1-13(2,3)11-6-4-10(5-7-11)12(15)8-9-14/h4-8H,15H2,1-3H3. The molecular formula is C13H16N2. The summed E-state index contributed by atoms with van der Waals surface area (Å²) in [4.78, 5) is 0. The van der Waals surface area contributed by atoms with E-state index in [1.54, 1.807) is 0 Å². The molecule has 0 spiro atoms. The molecule has 1 rings (SSSR count). The number of rotatable bonds is 1. The lowest BCUT2D eigenvalue weighted by Gasteiger charge is -2.19. The molecule has 1 aromatic rings. The second kappa shape index (κ2) is 4.18. The molecule has 0 radical (unpaired) electrons. The van der Waals surface area contributed by atoms with Crippen molar-refractivity contribution in [3.05, 3.63) is 41.5 Å². The minimum absolute atomic E-state index is 0.145. The summed E-state index contributed by atoms with van der Waals surface area (Å²) in [6.45, 7) is 6.49. The van der Waals surface area contributed by atoms with Crippen LogP contribution < -0.4 is 5.73 Å². The van der Waals surface area contributed by atoms with Gasteiger partial charge < -0.3 is 5.73 Å². The van der Waals surface area contributed by atoms with Crippen LogP contribution in [-0.4, -0.2) is 0 Å². The van der Waals surface area contributed by atoms with Crippen molar-refractivity contribution >= 4 is 5.70 Å². The third kappa shape index (κ3) is 2.85. The molecule has 2 nitrogen and oxygen atoms in total. The molecule has 2 heteroatoms. The largest absolute Gasteiger partial charge is 0.398 e. The lowest BCUT2D eigenvalue weighted by atomic mass is 9.86. The molecule has 0 aliphatic rings. The van der Waals surface area contributed by atoms with Gasteiger partial charge in [-0.2, -0.15) is 5.26 Å². The molecule has 0 atom stereocenters. The van der Waals surface area contributed by atoms with E-state index in [-0.39, 0.29) is 5.41 Å². The van der Waals surface area contributed by atoms with E-state index in [1.165, 1.54) is 11.6 Å². The van der Waals surface area contributed by atoms with Crippen molar-refractivity contribution in [1.82, 2.24) is 0 Å². The maximum Gasteiger partial charge on any atom is 0.0933 e. The Balaban J connectivity index is 3.02. The van der Waals surface area contributed by atoms with Gasteiger partial charge in [-0.3, -0.25) is 0 Å². The Kier molecular flexibility index (Phi) is 3.16. The summed E-state index contributed by atoms with van der Waals surface area (Å²) >= 11 is 0. The van der Waals surface area contributed by atoms with Crippen LogP contribution in [-0.2, 0) is 5.41 Å². The fourth-order valence-corrected chi connectivity index (χ4v) is 1.32. The molecule has 15 heavy (non-hydrogen) atoms. The SMILES string of the molecule is CC(C)(C)c1ccc(C(N)=CC#N)cc1. The number of hydrogen-bond donors (Lipinski definition) is 1. The Bertz CT molecular complexity index is 400. The molecule has 0 unspecified atom stereocenters. The van der Waals surface area contributed by atoms with Crippen molar-refractivity contribution in [2.24, 2.45) is 5.73 Å². The molecule has 0 heterocycles. The maximum absolute atomic E-state index is 8.48. The molecule has 78 valence electrons. The zero-order chi connectivity index (χ0) is 11.5. The van der Waals surface area contributed by atoms with E-state index in [1.807, 2.05) is 30.3 Å². The number of allylic oxidation sites excluding steroid dienone is 1. The van der Waals surface area contributed by atoms with Gasteiger partial charge in [0.25, 0.3) is 0 Å². The van der Waals surface area contributed by atoms with Gasteiger partial charge in [-0.15, -0.1) is 0 Å². The highest BCUT2D eigenvalue weighted by molar-refractivity contribution is 5.64. The van der Waals surface area contributed by atoms with Crippen LogP contribution in [0, 0.1) is 11.3 Å². The van der Waals surface area contributed by atoms with Gasteiger partial charge in [-0.05, 0) is 16.5 Å². The summed E-state index contributed by atoms with van der Waals surface area (Å²) in [5.74, 6) is 0. The van der Waals surface area contributed by atoms with Crippen molar-refractivity contribution in [3.63, 3.8) is 0 Å². The predicted molar refractivity (Wildman–Crippen MR) is 62.9 cm³/mol. The monoisotopic (exact) mass is 200 g/mol. The lowest BCUT2D eigenvalue weighted by molar-refractivity contribution is 0.590. The van der Waals surface area contributed by atoms with Gasteiger partial charge in [-0.1, -0.05) is 45.0 Å². The Morgan fingerprint density at radius 1 is 1.27 bits per heavy atom. The first-order chi connectivity index (χ1) is 6.95. The lowest BCUT2D eigenvalue weighted by Crippen LogP contribution is -2.10. The zero-order valence-electron chi connectivity index (χ0n) is 9.41. The Morgan fingerprint density at radius 3 is 2.20 bits per heavy atom. The first kappa shape index (κ1) is 11.3. The maximum atomic E-state index is 8.48. The number of benzene rings is 1. The fourth-order valence-electron chi connectivity index (χ4n) is 1.32. The van der Waals surface area contributed by atoms with Crippen LogP contribution in [0.4, 0.5) is 0 Å². The fraction of sp³-hybridized carbons (Fsp3) is 0.308. The summed E-state index contributed by atoms with van der Waals surface area (Å²) in [5, 5.41) is 8.48. The minimum atomic E-state index is 0.145. The van der Waals surface area contributed by atoms with Crippen LogP contribution in [0.1, 0.15) is 31.9 Å².